The Morgan fingerprint density at radius 2 is 2.00 bits per heavy atom. The lowest BCUT2D eigenvalue weighted by atomic mass is 10.2. The van der Waals surface area contributed by atoms with Crippen molar-refractivity contribution in [3.05, 3.63) is 57.0 Å². The number of rotatable bonds is 5. The van der Waals surface area contributed by atoms with Crippen LogP contribution in [0.5, 0.6) is 11.5 Å². The Morgan fingerprint density at radius 1 is 1.29 bits per heavy atom. The van der Waals surface area contributed by atoms with Crippen LogP contribution in [-0.4, -0.2) is 18.5 Å². The third kappa shape index (κ3) is 4.12. The minimum absolute atomic E-state index is 0.372. The summed E-state index contributed by atoms with van der Waals surface area (Å²) in [6, 6.07) is 11.1. The van der Waals surface area contributed by atoms with Crippen molar-refractivity contribution in [2.75, 3.05) is 7.11 Å². The summed E-state index contributed by atoms with van der Waals surface area (Å²) in [5, 5.41) is 11.9. The summed E-state index contributed by atoms with van der Waals surface area (Å²) in [5.41, 5.74) is 1.63. The van der Waals surface area contributed by atoms with E-state index in [9.17, 15) is 0 Å². The van der Waals surface area contributed by atoms with Crippen molar-refractivity contribution in [3.8, 4) is 11.5 Å². The van der Waals surface area contributed by atoms with Gasteiger partial charge in [0.1, 0.15) is 6.61 Å². The number of oxime groups is 1. The van der Waals surface area contributed by atoms with Crippen molar-refractivity contribution >= 4 is 33.7 Å². The lowest BCUT2D eigenvalue weighted by Crippen LogP contribution is -1.99. The quantitative estimate of drug-likeness (QED) is 0.479. The van der Waals surface area contributed by atoms with Gasteiger partial charge in [-0.1, -0.05) is 44.8 Å². The lowest BCUT2D eigenvalue weighted by Gasteiger charge is -2.13. The molecule has 0 aliphatic rings. The predicted molar refractivity (Wildman–Crippen MR) is 85.9 cm³/mol. The Labute approximate surface area is 136 Å². The minimum Gasteiger partial charge on any atom is -0.493 e. The maximum Gasteiger partial charge on any atom is 0.180 e. The summed E-state index contributed by atoms with van der Waals surface area (Å²) in [5.74, 6) is 0.937. The second-order valence-electron chi connectivity index (χ2n) is 4.19. The van der Waals surface area contributed by atoms with E-state index in [1.165, 1.54) is 13.3 Å². The molecule has 110 valence electrons. The highest BCUT2D eigenvalue weighted by Gasteiger charge is 2.12. The van der Waals surface area contributed by atoms with Crippen LogP contribution >= 0.6 is 27.5 Å². The number of halogens is 2. The Kier molecular flexibility index (Phi) is 5.47. The first-order valence-electron chi connectivity index (χ1n) is 6.06. The first-order chi connectivity index (χ1) is 10.1. The number of nitrogens with zero attached hydrogens (tertiary/aromatic N) is 1. The maximum absolute atomic E-state index is 8.57. The molecule has 4 nitrogen and oxygen atoms in total. The van der Waals surface area contributed by atoms with Crippen molar-refractivity contribution in [1.82, 2.24) is 0 Å². The van der Waals surface area contributed by atoms with Gasteiger partial charge < -0.3 is 14.7 Å². The molecule has 0 saturated carbocycles. The van der Waals surface area contributed by atoms with Gasteiger partial charge in [-0.3, -0.25) is 0 Å². The van der Waals surface area contributed by atoms with Crippen LogP contribution in [0.1, 0.15) is 11.1 Å². The molecule has 2 aromatic carbocycles. The van der Waals surface area contributed by atoms with E-state index in [2.05, 4.69) is 21.1 Å². The van der Waals surface area contributed by atoms with Crippen LogP contribution in [0, 0.1) is 0 Å². The zero-order valence-corrected chi connectivity index (χ0v) is 13.6. The topological polar surface area (TPSA) is 51.0 Å². The highest BCUT2D eigenvalue weighted by Crippen LogP contribution is 2.36. The highest BCUT2D eigenvalue weighted by molar-refractivity contribution is 9.10. The van der Waals surface area contributed by atoms with Gasteiger partial charge in [0.2, 0.25) is 0 Å². The first kappa shape index (κ1) is 15.7. The molecule has 0 amide bonds. The van der Waals surface area contributed by atoms with E-state index >= 15 is 0 Å². The van der Waals surface area contributed by atoms with Gasteiger partial charge in [-0.2, -0.15) is 0 Å². The molecule has 0 aromatic heterocycles. The van der Waals surface area contributed by atoms with E-state index in [1.54, 1.807) is 12.1 Å². The number of benzene rings is 2. The van der Waals surface area contributed by atoms with Gasteiger partial charge in [0.15, 0.2) is 11.5 Å². The van der Waals surface area contributed by atoms with Gasteiger partial charge in [-0.25, -0.2) is 0 Å². The molecule has 0 bridgehead atoms. The van der Waals surface area contributed by atoms with E-state index in [4.69, 9.17) is 26.3 Å². The largest absolute Gasteiger partial charge is 0.493 e. The van der Waals surface area contributed by atoms with Gasteiger partial charge in [-0.15, -0.1) is 0 Å². The Hall–Kier alpha value is -1.72. The van der Waals surface area contributed by atoms with E-state index in [-0.39, 0.29) is 0 Å². The third-order valence-corrected chi connectivity index (χ3v) is 3.56. The zero-order valence-electron chi connectivity index (χ0n) is 11.2. The second-order valence-corrected chi connectivity index (χ2v) is 5.52. The molecule has 0 radical (unpaired) electrons. The smallest absolute Gasteiger partial charge is 0.180 e. The fourth-order valence-corrected chi connectivity index (χ4v) is 2.30. The molecule has 0 heterocycles. The first-order valence-corrected chi connectivity index (χ1v) is 7.23. The molecular weight excluding hydrogens is 358 g/mol. The van der Waals surface area contributed by atoms with Gasteiger partial charge in [-0.05, 0) is 29.8 Å². The van der Waals surface area contributed by atoms with E-state index in [1.807, 2.05) is 24.3 Å². The van der Waals surface area contributed by atoms with Crippen LogP contribution in [0.25, 0.3) is 0 Å². The maximum atomic E-state index is 8.57. The monoisotopic (exact) mass is 369 g/mol. The molecule has 0 fully saturated rings. The summed E-state index contributed by atoms with van der Waals surface area (Å²) in [4.78, 5) is 0. The summed E-state index contributed by atoms with van der Waals surface area (Å²) < 4.78 is 12.0. The molecule has 2 rings (SSSR count). The van der Waals surface area contributed by atoms with Crippen LogP contribution < -0.4 is 9.47 Å². The Morgan fingerprint density at radius 3 is 2.62 bits per heavy atom. The molecule has 6 heteroatoms. The number of hydrogen-bond acceptors (Lipinski definition) is 4. The van der Waals surface area contributed by atoms with Crippen LogP contribution in [0.15, 0.2) is 46.0 Å². The van der Waals surface area contributed by atoms with Gasteiger partial charge in [0, 0.05) is 10.0 Å². The fraction of sp³-hybridized carbons (Fsp3) is 0.133. The SMILES string of the molecule is COc1cc(/C=N/O)cc(Cl)c1OCc1ccc(Br)cc1. The predicted octanol–water partition coefficient (Wildman–Crippen LogP) is 4.50. The minimum atomic E-state index is 0.372. The molecule has 2 aromatic rings. The third-order valence-electron chi connectivity index (χ3n) is 2.76. The normalized spacial score (nSPS) is 10.8. The molecule has 1 N–H and O–H groups in total. The van der Waals surface area contributed by atoms with Crippen molar-refractivity contribution in [3.63, 3.8) is 0 Å². The van der Waals surface area contributed by atoms with Crippen molar-refractivity contribution in [2.45, 2.75) is 6.61 Å². The Balaban J connectivity index is 2.20. The molecule has 0 saturated heterocycles. The van der Waals surface area contributed by atoms with Crippen LogP contribution in [-0.2, 0) is 6.61 Å². The van der Waals surface area contributed by atoms with E-state index in [0.717, 1.165) is 10.0 Å². The van der Waals surface area contributed by atoms with Gasteiger partial charge in [0.05, 0.1) is 18.3 Å². The van der Waals surface area contributed by atoms with E-state index in [0.29, 0.717) is 28.7 Å². The van der Waals surface area contributed by atoms with Crippen molar-refractivity contribution in [2.24, 2.45) is 5.16 Å². The highest BCUT2D eigenvalue weighted by atomic mass is 79.9. The zero-order chi connectivity index (χ0) is 15.2. The van der Waals surface area contributed by atoms with Gasteiger partial charge in [0.25, 0.3) is 0 Å². The lowest BCUT2D eigenvalue weighted by molar-refractivity contribution is 0.284. The summed E-state index contributed by atoms with van der Waals surface area (Å²) in [6.45, 7) is 0.372. The number of ether oxygens (including phenoxy) is 2. The Bertz CT molecular complexity index is 644. The van der Waals surface area contributed by atoms with Crippen molar-refractivity contribution in [1.29, 1.82) is 0 Å². The average Bonchev–Trinajstić information content (AvgIpc) is 2.47. The summed E-state index contributed by atoms with van der Waals surface area (Å²) in [7, 11) is 1.53. The number of methoxy groups -OCH3 is 1. The summed E-state index contributed by atoms with van der Waals surface area (Å²) >= 11 is 9.57. The second kappa shape index (κ2) is 7.33. The fourth-order valence-electron chi connectivity index (χ4n) is 1.76. The molecular formula is C15H13BrClNO3. The van der Waals surface area contributed by atoms with E-state index < -0.39 is 0 Å². The molecule has 0 atom stereocenters. The van der Waals surface area contributed by atoms with Gasteiger partial charge >= 0.3 is 0 Å². The number of hydrogen-bond donors (Lipinski definition) is 1. The van der Waals surface area contributed by atoms with Crippen LogP contribution in [0.2, 0.25) is 5.02 Å². The standard InChI is InChI=1S/C15H13BrClNO3/c1-20-14-7-11(8-18-19)6-13(17)15(14)21-9-10-2-4-12(16)5-3-10/h2-8,19H,9H2,1H3/b18-8+. The average molecular weight is 371 g/mol. The van der Waals surface area contributed by atoms with Crippen molar-refractivity contribution < 1.29 is 14.7 Å². The molecule has 0 spiro atoms. The molecule has 0 unspecified atom stereocenters. The van der Waals surface area contributed by atoms with Crippen LogP contribution in [0.4, 0.5) is 0 Å². The summed E-state index contributed by atoms with van der Waals surface area (Å²) in [6.07, 6.45) is 1.27. The van der Waals surface area contributed by atoms with Crippen LogP contribution in [0.3, 0.4) is 0 Å². The molecule has 0 aliphatic heterocycles. The molecule has 0 aliphatic carbocycles. The molecule has 21 heavy (non-hydrogen) atoms.